The normalized spacial score (nSPS) is 10.7. The smallest absolute Gasteiger partial charge is 0.337 e. The Bertz CT molecular complexity index is 585. The average Bonchev–Trinajstić information content (AvgIpc) is 2.39. The first-order valence-electron chi connectivity index (χ1n) is 5.75. The lowest BCUT2D eigenvalue weighted by Gasteiger charge is -2.05. The number of aromatic nitrogens is 3. The number of hydrogen-bond acceptors (Lipinski definition) is 5. The Labute approximate surface area is 115 Å². The van der Waals surface area contributed by atoms with E-state index in [-0.39, 0.29) is 5.56 Å². The molecule has 0 aliphatic carbocycles. The Morgan fingerprint density at radius 2 is 2.00 bits per heavy atom. The summed E-state index contributed by atoms with van der Waals surface area (Å²) >= 11 is 1.38. The molecule has 0 aliphatic heterocycles. The molecule has 0 aromatic carbocycles. The van der Waals surface area contributed by atoms with E-state index < -0.39 is 5.97 Å². The number of carboxylic acid groups (broad SMARTS) is 1. The zero-order valence-corrected chi connectivity index (χ0v) is 11.4. The Kier molecular flexibility index (Phi) is 4.11. The minimum absolute atomic E-state index is 0.176. The van der Waals surface area contributed by atoms with Gasteiger partial charge in [-0.05, 0) is 35.9 Å². The number of hydrogen-bond donors (Lipinski definition) is 1. The summed E-state index contributed by atoms with van der Waals surface area (Å²) in [7, 11) is 0. The average molecular weight is 275 g/mol. The number of nitrogens with zero attached hydrogens (tertiary/aromatic N) is 3. The molecule has 2 aromatic heterocycles. The zero-order valence-electron chi connectivity index (χ0n) is 10.6. The fourth-order valence-electron chi connectivity index (χ4n) is 1.40. The number of carbonyl (C=O) groups is 1. The van der Waals surface area contributed by atoms with Crippen LogP contribution < -0.4 is 0 Å². The van der Waals surface area contributed by atoms with E-state index in [1.807, 2.05) is 6.07 Å². The second-order valence-electron chi connectivity index (χ2n) is 4.23. The van der Waals surface area contributed by atoms with Crippen LogP contribution in [0.1, 0.15) is 35.8 Å². The lowest BCUT2D eigenvalue weighted by atomic mass is 10.1. The molecule has 0 aliphatic rings. The van der Waals surface area contributed by atoms with E-state index in [1.54, 1.807) is 6.07 Å². The highest BCUT2D eigenvalue weighted by Crippen LogP contribution is 2.25. The second kappa shape index (κ2) is 5.79. The first-order chi connectivity index (χ1) is 9.06. The molecule has 2 rings (SSSR count). The predicted octanol–water partition coefficient (Wildman–Crippen LogP) is 2.84. The maximum Gasteiger partial charge on any atom is 0.337 e. The molecule has 0 radical (unpaired) electrons. The zero-order chi connectivity index (χ0) is 13.8. The first kappa shape index (κ1) is 13.5. The summed E-state index contributed by atoms with van der Waals surface area (Å²) in [5, 5.41) is 10.3. The quantitative estimate of drug-likeness (QED) is 0.865. The molecule has 98 valence electrons. The van der Waals surface area contributed by atoms with Crippen LogP contribution in [-0.4, -0.2) is 26.0 Å². The van der Waals surface area contributed by atoms with Crippen molar-refractivity contribution in [1.82, 2.24) is 15.0 Å². The van der Waals surface area contributed by atoms with Gasteiger partial charge in [-0.25, -0.2) is 19.7 Å². The van der Waals surface area contributed by atoms with Gasteiger partial charge in [0.25, 0.3) is 0 Å². The van der Waals surface area contributed by atoms with Crippen molar-refractivity contribution in [2.45, 2.75) is 29.8 Å². The number of pyridine rings is 1. The predicted molar refractivity (Wildman–Crippen MR) is 71.4 cm³/mol. The maximum atomic E-state index is 10.7. The molecule has 0 atom stereocenters. The summed E-state index contributed by atoms with van der Waals surface area (Å²) in [4.78, 5) is 23.2. The summed E-state index contributed by atoms with van der Waals surface area (Å²) in [6.07, 6.45) is 2.87. The fraction of sp³-hybridized carbons (Fsp3) is 0.231. The minimum atomic E-state index is -0.979. The Balaban J connectivity index is 2.16. The molecular weight excluding hydrogens is 262 g/mol. The van der Waals surface area contributed by atoms with Crippen molar-refractivity contribution < 1.29 is 9.90 Å². The van der Waals surface area contributed by atoms with Gasteiger partial charge in [0, 0.05) is 11.9 Å². The van der Waals surface area contributed by atoms with Gasteiger partial charge in [-0.15, -0.1) is 0 Å². The van der Waals surface area contributed by atoms with Gasteiger partial charge in [-0.2, -0.15) is 0 Å². The summed E-state index contributed by atoms with van der Waals surface area (Å²) < 4.78 is 0. The van der Waals surface area contributed by atoms with Crippen molar-refractivity contribution in [3.63, 3.8) is 0 Å². The molecule has 0 amide bonds. The van der Waals surface area contributed by atoms with E-state index in [0.29, 0.717) is 10.9 Å². The van der Waals surface area contributed by atoms with Crippen LogP contribution in [0.25, 0.3) is 0 Å². The molecule has 19 heavy (non-hydrogen) atoms. The van der Waals surface area contributed by atoms with Gasteiger partial charge >= 0.3 is 5.97 Å². The van der Waals surface area contributed by atoms with E-state index in [1.165, 1.54) is 30.4 Å². The third-order valence-corrected chi connectivity index (χ3v) is 3.33. The molecule has 2 aromatic rings. The van der Waals surface area contributed by atoms with E-state index in [2.05, 4.69) is 28.8 Å². The Morgan fingerprint density at radius 1 is 1.21 bits per heavy atom. The number of rotatable bonds is 4. The van der Waals surface area contributed by atoms with Crippen molar-refractivity contribution >= 4 is 17.7 Å². The lowest BCUT2D eigenvalue weighted by Crippen LogP contribution is -1.97. The topological polar surface area (TPSA) is 76.0 Å². The van der Waals surface area contributed by atoms with Crippen LogP contribution in [0.15, 0.2) is 40.8 Å². The first-order valence-corrected chi connectivity index (χ1v) is 6.57. The van der Waals surface area contributed by atoms with Gasteiger partial charge in [-0.3, -0.25) is 0 Å². The van der Waals surface area contributed by atoms with Crippen molar-refractivity contribution in [3.8, 4) is 0 Å². The molecule has 1 N–H and O–H groups in total. The van der Waals surface area contributed by atoms with Gasteiger partial charge in [-0.1, -0.05) is 13.8 Å². The van der Waals surface area contributed by atoms with Gasteiger partial charge in [0.2, 0.25) is 0 Å². The van der Waals surface area contributed by atoms with Gasteiger partial charge in [0.15, 0.2) is 0 Å². The standard InChI is InChI=1S/C13H13N3O2S/c1-8(2)10-5-12(16-7-15-10)19-11-4-3-9(6-14-11)13(17)18/h3-8H,1-2H3,(H,17,18). The summed E-state index contributed by atoms with van der Waals surface area (Å²) in [5.74, 6) is -0.641. The van der Waals surface area contributed by atoms with Crippen molar-refractivity contribution in [2.75, 3.05) is 0 Å². The minimum Gasteiger partial charge on any atom is -0.478 e. The van der Waals surface area contributed by atoms with Crippen molar-refractivity contribution in [3.05, 3.63) is 42.0 Å². The van der Waals surface area contributed by atoms with Crippen LogP contribution in [0.2, 0.25) is 0 Å². The molecular formula is C13H13N3O2S. The molecule has 5 nitrogen and oxygen atoms in total. The van der Waals surface area contributed by atoms with Crippen LogP contribution in [0.5, 0.6) is 0 Å². The van der Waals surface area contributed by atoms with Crippen LogP contribution in [0.3, 0.4) is 0 Å². The second-order valence-corrected chi connectivity index (χ2v) is 5.27. The monoisotopic (exact) mass is 275 g/mol. The molecule has 2 heterocycles. The SMILES string of the molecule is CC(C)c1cc(Sc2ccc(C(=O)O)cn2)ncn1. The van der Waals surface area contributed by atoms with Crippen molar-refractivity contribution in [2.24, 2.45) is 0 Å². The maximum absolute atomic E-state index is 10.7. The molecule has 6 heteroatoms. The number of carboxylic acids is 1. The molecule has 0 saturated heterocycles. The Morgan fingerprint density at radius 3 is 2.58 bits per heavy atom. The van der Waals surface area contributed by atoms with Gasteiger partial charge in [0.1, 0.15) is 16.4 Å². The fourth-order valence-corrected chi connectivity index (χ4v) is 2.13. The molecule has 0 unspecified atom stereocenters. The third kappa shape index (κ3) is 3.51. The summed E-state index contributed by atoms with van der Waals surface area (Å²) in [6, 6.07) is 5.12. The van der Waals surface area contributed by atoms with Crippen LogP contribution in [0, 0.1) is 0 Å². The Hall–Kier alpha value is -1.95. The number of aromatic carboxylic acids is 1. The van der Waals surface area contributed by atoms with Gasteiger partial charge in [0.05, 0.1) is 5.56 Å². The van der Waals surface area contributed by atoms with Crippen molar-refractivity contribution in [1.29, 1.82) is 0 Å². The molecule has 0 saturated carbocycles. The van der Waals surface area contributed by atoms with Crippen LogP contribution >= 0.6 is 11.8 Å². The summed E-state index contributed by atoms with van der Waals surface area (Å²) in [5.41, 5.74) is 1.15. The molecule has 0 fully saturated rings. The largest absolute Gasteiger partial charge is 0.478 e. The van der Waals surface area contributed by atoms with E-state index in [0.717, 1.165) is 10.7 Å². The highest BCUT2D eigenvalue weighted by Gasteiger charge is 2.07. The van der Waals surface area contributed by atoms with E-state index >= 15 is 0 Å². The highest BCUT2D eigenvalue weighted by molar-refractivity contribution is 7.99. The molecule has 0 spiro atoms. The summed E-state index contributed by atoms with van der Waals surface area (Å²) in [6.45, 7) is 4.13. The van der Waals surface area contributed by atoms with E-state index in [4.69, 9.17) is 5.11 Å². The lowest BCUT2D eigenvalue weighted by molar-refractivity contribution is 0.0696. The van der Waals surface area contributed by atoms with E-state index in [9.17, 15) is 4.79 Å². The van der Waals surface area contributed by atoms with Crippen LogP contribution in [-0.2, 0) is 0 Å². The van der Waals surface area contributed by atoms with Crippen LogP contribution in [0.4, 0.5) is 0 Å². The highest BCUT2D eigenvalue weighted by atomic mass is 32.2. The molecule has 0 bridgehead atoms. The third-order valence-electron chi connectivity index (χ3n) is 2.45. The van der Waals surface area contributed by atoms with Gasteiger partial charge < -0.3 is 5.11 Å².